The van der Waals surface area contributed by atoms with Gasteiger partial charge < -0.3 is 5.73 Å². The first-order valence-corrected chi connectivity index (χ1v) is 5.06. The van der Waals surface area contributed by atoms with Crippen LogP contribution < -0.4 is 5.73 Å². The lowest BCUT2D eigenvalue weighted by Crippen LogP contribution is -2.03. The summed E-state index contributed by atoms with van der Waals surface area (Å²) in [6.45, 7) is 8.35. The van der Waals surface area contributed by atoms with E-state index < -0.39 is 0 Å². The smallest absolute Gasteiger partial charge is 0.0956 e. The fourth-order valence-electron chi connectivity index (χ4n) is 1.10. The van der Waals surface area contributed by atoms with Crippen LogP contribution in [0.5, 0.6) is 0 Å². The molecule has 3 heteroatoms. The van der Waals surface area contributed by atoms with E-state index in [4.69, 9.17) is 5.73 Å². The van der Waals surface area contributed by atoms with Gasteiger partial charge in [-0.25, -0.2) is 4.98 Å². The summed E-state index contributed by atoms with van der Waals surface area (Å²) in [5, 5.41) is 1.19. The Morgan fingerprint density at radius 2 is 1.92 bits per heavy atom. The molecule has 12 heavy (non-hydrogen) atoms. The molecule has 1 rings (SSSR count). The average Bonchev–Trinajstić information content (AvgIpc) is 2.30. The van der Waals surface area contributed by atoms with Gasteiger partial charge in [0.25, 0.3) is 0 Å². The quantitative estimate of drug-likeness (QED) is 0.767. The third kappa shape index (κ3) is 1.84. The minimum atomic E-state index is 0.120. The van der Waals surface area contributed by atoms with E-state index in [1.807, 2.05) is 13.8 Å². The van der Waals surface area contributed by atoms with Gasteiger partial charge in [-0.1, -0.05) is 13.8 Å². The van der Waals surface area contributed by atoms with Crippen LogP contribution in [-0.4, -0.2) is 4.98 Å². The standard InChI is InChI=1S/C9H16N2S/c1-5(2)9-11-7(4)8(12-9)6(3)10/h5-6H,10H2,1-4H3. The van der Waals surface area contributed by atoms with Gasteiger partial charge in [0.05, 0.1) is 10.7 Å². The lowest BCUT2D eigenvalue weighted by atomic mass is 10.2. The van der Waals surface area contributed by atoms with Crippen molar-refractivity contribution in [3.05, 3.63) is 15.6 Å². The molecular weight excluding hydrogens is 168 g/mol. The van der Waals surface area contributed by atoms with Crippen LogP contribution >= 0.6 is 11.3 Å². The van der Waals surface area contributed by atoms with Crippen molar-refractivity contribution in [2.75, 3.05) is 0 Å². The van der Waals surface area contributed by atoms with Crippen molar-refractivity contribution in [3.8, 4) is 0 Å². The molecule has 2 nitrogen and oxygen atoms in total. The van der Waals surface area contributed by atoms with Crippen LogP contribution in [0.1, 0.15) is 48.3 Å². The van der Waals surface area contributed by atoms with Gasteiger partial charge in [0.15, 0.2) is 0 Å². The van der Waals surface area contributed by atoms with Crippen LogP contribution in [0.15, 0.2) is 0 Å². The highest BCUT2D eigenvalue weighted by atomic mass is 32.1. The second-order valence-corrected chi connectivity index (χ2v) is 4.51. The number of hydrogen-bond acceptors (Lipinski definition) is 3. The van der Waals surface area contributed by atoms with Crippen LogP contribution in [0, 0.1) is 6.92 Å². The van der Waals surface area contributed by atoms with Gasteiger partial charge in [0, 0.05) is 16.8 Å². The number of thiazole rings is 1. The second kappa shape index (κ2) is 3.54. The van der Waals surface area contributed by atoms with E-state index in [1.54, 1.807) is 11.3 Å². The summed E-state index contributed by atoms with van der Waals surface area (Å²) in [6, 6.07) is 0.120. The molecule has 1 aromatic heterocycles. The van der Waals surface area contributed by atoms with E-state index >= 15 is 0 Å². The molecule has 0 amide bonds. The molecule has 0 aliphatic heterocycles. The largest absolute Gasteiger partial charge is 0.323 e. The highest BCUT2D eigenvalue weighted by molar-refractivity contribution is 7.11. The maximum Gasteiger partial charge on any atom is 0.0956 e. The van der Waals surface area contributed by atoms with E-state index in [9.17, 15) is 0 Å². The fourth-order valence-corrected chi connectivity index (χ4v) is 2.12. The Kier molecular flexibility index (Phi) is 2.85. The number of aryl methyl sites for hydroxylation is 1. The number of nitrogens with zero attached hydrogens (tertiary/aromatic N) is 1. The summed E-state index contributed by atoms with van der Waals surface area (Å²) in [7, 11) is 0. The first-order valence-electron chi connectivity index (χ1n) is 4.25. The average molecular weight is 184 g/mol. The van der Waals surface area contributed by atoms with Crippen molar-refractivity contribution in [2.45, 2.75) is 39.7 Å². The van der Waals surface area contributed by atoms with E-state index in [0.717, 1.165) is 5.69 Å². The fraction of sp³-hybridized carbons (Fsp3) is 0.667. The molecule has 0 fully saturated rings. The highest BCUT2D eigenvalue weighted by Gasteiger charge is 2.12. The van der Waals surface area contributed by atoms with Crippen molar-refractivity contribution in [1.29, 1.82) is 0 Å². The summed E-state index contributed by atoms with van der Waals surface area (Å²) in [6.07, 6.45) is 0. The Balaban J connectivity index is 3.00. The van der Waals surface area contributed by atoms with Crippen molar-refractivity contribution in [1.82, 2.24) is 4.98 Å². The van der Waals surface area contributed by atoms with Gasteiger partial charge in [-0.15, -0.1) is 11.3 Å². The molecule has 0 aromatic carbocycles. The normalized spacial score (nSPS) is 13.8. The van der Waals surface area contributed by atoms with Crippen LogP contribution in [0.4, 0.5) is 0 Å². The van der Waals surface area contributed by atoms with Crippen LogP contribution in [0.2, 0.25) is 0 Å². The first-order chi connectivity index (χ1) is 5.52. The van der Waals surface area contributed by atoms with E-state index in [1.165, 1.54) is 9.88 Å². The minimum absolute atomic E-state index is 0.120. The number of hydrogen-bond donors (Lipinski definition) is 1. The van der Waals surface area contributed by atoms with E-state index in [-0.39, 0.29) is 6.04 Å². The second-order valence-electron chi connectivity index (χ2n) is 3.45. The predicted molar refractivity (Wildman–Crippen MR) is 53.5 cm³/mol. The molecule has 0 spiro atoms. The van der Waals surface area contributed by atoms with Gasteiger partial charge in [0.1, 0.15) is 0 Å². The lowest BCUT2D eigenvalue weighted by molar-refractivity contribution is 0.818. The zero-order valence-electron chi connectivity index (χ0n) is 8.09. The van der Waals surface area contributed by atoms with Crippen molar-refractivity contribution < 1.29 is 0 Å². The zero-order chi connectivity index (χ0) is 9.30. The molecule has 0 saturated heterocycles. The van der Waals surface area contributed by atoms with Crippen molar-refractivity contribution in [2.24, 2.45) is 5.73 Å². The summed E-state index contributed by atoms with van der Waals surface area (Å²) < 4.78 is 0. The molecule has 0 bridgehead atoms. The topological polar surface area (TPSA) is 38.9 Å². The van der Waals surface area contributed by atoms with Crippen molar-refractivity contribution >= 4 is 11.3 Å². The lowest BCUT2D eigenvalue weighted by Gasteiger charge is -2.00. The molecule has 0 aliphatic rings. The molecule has 0 saturated carbocycles. The minimum Gasteiger partial charge on any atom is -0.323 e. The molecule has 0 aliphatic carbocycles. The Bertz CT molecular complexity index is 263. The molecule has 68 valence electrons. The Morgan fingerprint density at radius 1 is 1.33 bits per heavy atom. The first kappa shape index (κ1) is 9.68. The summed E-state index contributed by atoms with van der Waals surface area (Å²) in [5.41, 5.74) is 6.89. The molecule has 0 radical (unpaired) electrons. The van der Waals surface area contributed by atoms with Crippen LogP contribution in [-0.2, 0) is 0 Å². The van der Waals surface area contributed by atoms with E-state index in [2.05, 4.69) is 18.8 Å². The third-order valence-electron chi connectivity index (χ3n) is 1.76. The summed E-state index contributed by atoms with van der Waals surface area (Å²) in [4.78, 5) is 5.69. The SMILES string of the molecule is Cc1nc(C(C)C)sc1C(C)N. The summed E-state index contributed by atoms with van der Waals surface area (Å²) in [5.74, 6) is 0.515. The van der Waals surface area contributed by atoms with Crippen LogP contribution in [0.25, 0.3) is 0 Å². The van der Waals surface area contributed by atoms with Gasteiger partial charge in [-0.2, -0.15) is 0 Å². The monoisotopic (exact) mass is 184 g/mol. The predicted octanol–water partition coefficient (Wildman–Crippen LogP) is 2.59. The Morgan fingerprint density at radius 3 is 2.17 bits per heavy atom. The van der Waals surface area contributed by atoms with Gasteiger partial charge in [-0.05, 0) is 13.8 Å². The maximum absolute atomic E-state index is 5.80. The number of aromatic nitrogens is 1. The maximum atomic E-state index is 5.80. The molecule has 1 aromatic rings. The van der Waals surface area contributed by atoms with Gasteiger partial charge in [0.2, 0.25) is 0 Å². The molecule has 2 N–H and O–H groups in total. The molecular formula is C9H16N2S. The van der Waals surface area contributed by atoms with E-state index in [0.29, 0.717) is 5.92 Å². The molecule has 1 atom stereocenters. The molecule has 1 unspecified atom stereocenters. The number of nitrogens with two attached hydrogens (primary N) is 1. The Labute approximate surface area is 77.8 Å². The van der Waals surface area contributed by atoms with Crippen molar-refractivity contribution in [3.63, 3.8) is 0 Å². The molecule has 1 heterocycles. The van der Waals surface area contributed by atoms with Gasteiger partial charge >= 0.3 is 0 Å². The van der Waals surface area contributed by atoms with Crippen LogP contribution in [0.3, 0.4) is 0 Å². The number of rotatable bonds is 2. The Hall–Kier alpha value is -0.410. The highest BCUT2D eigenvalue weighted by Crippen LogP contribution is 2.27. The van der Waals surface area contributed by atoms with Gasteiger partial charge in [-0.3, -0.25) is 0 Å². The zero-order valence-corrected chi connectivity index (χ0v) is 8.90. The summed E-state index contributed by atoms with van der Waals surface area (Å²) >= 11 is 1.74. The third-order valence-corrected chi connectivity index (χ3v) is 3.42.